The van der Waals surface area contributed by atoms with Gasteiger partial charge in [-0.3, -0.25) is 0 Å². The van der Waals surface area contributed by atoms with E-state index in [1.807, 2.05) is 6.92 Å². The van der Waals surface area contributed by atoms with Gasteiger partial charge in [-0.05, 0) is 26.2 Å². The molecule has 3 nitrogen and oxygen atoms in total. The molecule has 1 atom stereocenters. The highest BCUT2D eigenvalue weighted by molar-refractivity contribution is 7.15. The van der Waals surface area contributed by atoms with Crippen molar-refractivity contribution >= 4 is 28.1 Å². The molecule has 5 heteroatoms. The molecule has 1 aliphatic heterocycles. The number of anilines is 1. The first-order chi connectivity index (χ1) is 6.81. The number of rotatable bonds is 2. The van der Waals surface area contributed by atoms with Gasteiger partial charge in [0.25, 0.3) is 0 Å². The van der Waals surface area contributed by atoms with Crippen molar-refractivity contribution in [2.45, 2.75) is 32.2 Å². The van der Waals surface area contributed by atoms with E-state index in [4.69, 9.17) is 11.6 Å². The van der Waals surface area contributed by atoms with Crippen LogP contribution in [-0.2, 0) is 0 Å². The molecule has 0 radical (unpaired) electrons. The van der Waals surface area contributed by atoms with Crippen molar-refractivity contribution in [3.63, 3.8) is 0 Å². The second-order valence-corrected chi connectivity index (χ2v) is 5.07. The minimum atomic E-state index is 0.456. The molecule has 1 fully saturated rings. The van der Waals surface area contributed by atoms with Gasteiger partial charge >= 0.3 is 0 Å². The fraction of sp³-hybridized carbons (Fsp3) is 0.778. The van der Waals surface area contributed by atoms with Crippen molar-refractivity contribution in [2.24, 2.45) is 0 Å². The molecule has 0 N–H and O–H groups in total. The largest absolute Gasteiger partial charge is 0.342 e. The number of hydrogen-bond donors (Lipinski definition) is 0. The van der Waals surface area contributed by atoms with Crippen molar-refractivity contribution in [3.05, 3.63) is 5.01 Å². The number of aromatic nitrogens is 2. The summed E-state index contributed by atoms with van der Waals surface area (Å²) in [6, 6.07) is 0.456. The van der Waals surface area contributed by atoms with E-state index in [2.05, 4.69) is 15.1 Å². The highest BCUT2D eigenvalue weighted by atomic mass is 35.5. The minimum Gasteiger partial charge on any atom is -0.342 e. The Kier molecular flexibility index (Phi) is 3.23. The van der Waals surface area contributed by atoms with Gasteiger partial charge in [-0.2, -0.15) is 0 Å². The van der Waals surface area contributed by atoms with Gasteiger partial charge in [0.2, 0.25) is 5.13 Å². The van der Waals surface area contributed by atoms with Gasteiger partial charge in [-0.1, -0.05) is 11.3 Å². The molecule has 0 saturated carbocycles. The van der Waals surface area contributed by atoms with Gasteiger partial charge in [0.05, 0.1) is 0 Å². The van der Waals surface area contributed by atoms with Crippen LogP contribution in [-0.4, -0.2) is 28.7 Å². The van der Waals surface area contributed by atoms with Crippen molar-refractivity contribution in [1.29, 1.82) is 0 Å². The van der Waals surface area contributed by atoms with Crippen molar-refractivity contribution in [1.82, 2.24) is 10.2 Å². The molecular formula is C9H14ClN3S. The summed E-state index contributed by atoms with van der Waals surface area (Å²) < 4.78 is 0. The summed E-state index contributed by atoms with van der Waals surface area (Å²) in [4.78, 5) is 2.31. The lowest BCUT2D eigenvalue weighted by atomic mass is 10.0. The van der Waals surface area contributed by atoms with Crippen molar-refractivity contribution in [2.75, 3.05) is 17.3 Å². The van der Waals surface area contributed by atoms with Gasteiger partial charge in [-0.25, -0.2) is 0 Å². The lowest BCUT2D eigenvalue weighted by Gasteiger charge is -2.33. The van der Waals surface area contributed by atoms with E-state index in [9.17, 15) is 0 Å². The Balaban J connectivity index is 2.14. The Bertz CT molecular complexity index is 302. The average Bonchev–Trinajstić information content (AvgIpc) is 2.65. The van der Waals surface area contributed by atoms with Gasteiger partial charge in [0, 0.05) is 18.5 Å². The predicted molar refractivity (Wildman–Crippen MR) is 60.4 cm³/mol. The smallest absolute Gasteiger partial charge is 0.208 e. The third-order valence-electron chi connectivity index (χ3n) is 2.57. The first-order valence-electron chi connectivity index (χ1n) is 4.94. The normalized spacial score (nSPS) is 22.7. The van der Waals surface area contributed by atoms with Gasteiger partial charge < -0.3 is 4.90 Å². The zero-order valence-electron chi connectivity index (χ0n) is 8.24. The molecule has 1 unspecified atom stereocenters. The Morgan fingerprint density at radius 1 is 1.50 bits per heavy atom. The molecule has 0 aliphatic carbocycles. The molecule has 1 aromatic heterocycles. The quantitative estimate of drug-likeness (QED) is 0.733. The molecular weight excluding hydrogens is 218 g/mol. The highest BCUT2D eigenvalue weighted by Gasteiger charge is 2.24. The number of aryl methyl sites for hydroxylation is 1. The maximum absolute atomic E-state index is 5.95. The predicted octanol–water partition coefficient (Wildman–Crippen LogP) is 2.44. The van der Waals surface area contributed by atoms with Crippen LogP contribution < -0.4 is 4.90 Å². The molecule has 78 valence electrons. The van der Waals surface area contributed by atoms with Crippen LogP contribution in [0.15, 0.2) is 0 Å². The number of alkyl halides is 1. The van der Waals surface area contributed by atoms with E-state index in [0.29, 0.717) is 11.9 Å². The molecule has 0 bridgehead atoms. The van der Waals surface area contributed by atoms with Crippen molar-refractivity contribution < 1.29 is 0 Å². The molecule has 0 aromatic carbocycles. The van der Waals surface area contributed by atoms with Crippen LogP contribution in [0, 0.1) is 6.92 Å². The molecule has 14 heavy (non-hydrogen) atoms. The summed E-state index contributed by atoms with van der Waals surface area (Å²) in [7, 11) is 0. The van der Waals surface area contributed by atoms with E-state index in [0.717, 1.165) is 16.7 Å². The van der Waals surface area contributed by atoms with E-state index in [-0.39, 0.29) is 0 Å². The van der Waals surface area contributed by atoms with Crippen LogP contribution >= 0.6 is 22.9 Å². The zero-order valence-corrected chi connectivity index (χ0v) is 9.81. The number of nitrogens with zero attached hydrogens (tertiary/aromatic N) is 3. The summed E-state index contributed by atoms with van der Waals surface area (Å²) in [5.41, 5.74) is 0. The standard InChI is InChI=1S/C9H14ClN3S/c1-7-11-12-9(14-7)13-5-3-2-4-8(13)6-10/h8H,2-6H2,1H3. The van der Waals surface area contributed by atoms with E-state index >= 15 is 0 Å². The Morgan fingerprint density at radius 3 is 3.00 bits per heavy atom. The van der Waals surface area contributed by atoms with E-state index in [1.165, 1.54) is 19.3 Å². The fourth-order valence-electron chi connectivity index (χ4n) is 1.81. The molecule has 0 amide bonds. The Labute approximate surface area is 93.1 Å². The molecule has 2 rings (SSSR count). The van der Waals surface area contributed by atoms with Crippen LogP contribution in [0.4, 0.5) is 5.13 Å². The first-order valence-corrected chi connectivity index (χ1v) is 6.29. The summed E-state index contributed by atoms with van der Waals surface area (Å²) in [6.45, 7) is 3.06. The SMILES string of the molecule is Cc1nnc(N2CCCCC2CCl)s1. The summed E-state index contributed by atoms with van der Waals surface area (Å²) in [5.74, 6) is 0.693. The molecule has 2 heterocycles. The average molecular weight is 232 g/mol. The Hall–Kier alpha value is -0.350. The monoisotopic (exact) mass is 231 g/mol. The van der Waals surface area contributed by atoms with Crippen LogP contribution in [0.25, 0.3) is 0 Å². The first kappa shape index (κ1) is 10.2. The lowest BCUT2D eigenvalue weighted by molar-refractivity contribution is 0.486. The number of halogens is 1. The van der Waals surface area contributed by atoms with Crippen LogP contribution in [0.1, 0.15) is 24.3 Å². The maximum Gasteiger partial charge on any atom is 0.208 e. The summed E-state index contributed by atoms with van der Waals surface area (Å²) >= 11 is 7.60. The highest BCUT2D eigenvalue weighted by Crippen LogP contribution is 2.27. The Morgan fingerprint density at radius 2 is 2.36 bits per heavy atom. The fourth-order valence-corrected chi connectivity index (χ4v) is 2.92. The zero-order chi connectivity index (χ0) is 9.97. The number of piperidine rings is 1. The molecule has 0 spiro atoms. The van der Waals surface area contributed by atoms with Crippen LogP contribution in [0.2, 0.25) is 0 Å². The lowest BCUT2D eigenvalue weighted by Crippen LogP contribution is -2.40. The second-order valence-electron chi connectivity index (χ2n) is 3.60. The van der Waals surface area contributed by atoms with E-state index < -0.39 is 0 Å². The number of hydrogen-bond acceptors (Lipinski definition) is 4. The van der Waals surface area contributed by atoms with Gasteiger partial charge in [0.15, 0.2) is 0 Å². The summed E-state index contributed by atoms with van der Waals surface area (Å²) in [5, 5.41) is 10.3. The summed E-state index contributed by atoms with van der Waals surface area (Å²) in [6.07, 6.45) is 3.71. The van der Waals surface area contributed by atoms with E-state index in [1.54, 1.807) is 11.3 Å². The molecule has 1 aromatic rings. The third kappa shape index (κ3) is 2.01. The second kappa shape index (κ2) is 4.45. The van der Waals surface area contributed by atoms with Crippen LogP contribution in [0.5, 0.6) is 0 Å². The minimum absolute atomic E-state index is 0.456. The molecule has 1 saturated heterocycles. The third-order valence-corrected chi connectivity index (χ3v) is 3.80. The molecule has 1 aliphatic rings. The topological polar surface area (TPSA) is 29.0 Å². The maximum atomic E-state index is 5.95. The van der Waals surface area contributed by atoms with Crippen molar-refractivity contribution in [3.8, 4) is 0 Å². The van der Waals surface area contributed by atoms with Gasteiger partial charge in [-0.15, -0.1) is 21.8 Å². The van der Waals surface area contributed by atoms with Crippen LogP contribution in [0.3, 0.4) is 0 Å². The van der Waals surface area contributed by atoms with Gasteiger partial charge in [0.1, 0.15) is 5.01 Å².